The first kappa shape index (κ1) is 18.5. The zero-order chi connectivity index (χ0) is 19.5. The van der Waals surface area contributed by atoms with Gasteiger partial charge in [-0.05, 0) is 49.2 Å². The van der Waals surface area contributed by atoms with Crippen molar-refractivity contribution in [3.05, 3.63) is 64.9 Å². The Morgan fingerprint density at radius 2 is 1.86 bits per heavy atom. The molecular formula is C21H21ClN4O2. The molecule has 4 rings (SSSR count). The number of amides is 2. The van der Waals surface area contributed by atoms with Crippen molar-refractivity contribution in [1.29, 1.82) is 0 Å². The number of nitrogens with one attached hydrogen (secondary N) is 2. The summed E-state index contributed by atoms with van der Waals surface area (Å²) in [5.41, 5.74) is 2.33. The lowest BCUT2D eigenvalue weighted by molar-refractivity contribution is -0.121. The lowest BCUT2D eigenvalue weighted by Gasteiger charge is -2.10. The Balaban J connectivity index is 1.44. The summed E-state index contributed by atoms with van der Waals surface area (Å²) in [6, 6.07) is 14.8. The first-order valence-electron chi connectivity index (χ1n) is 9.37. The van der Waals surface area contributed by atoms with Crippen LogP contribution in [-0.2, 0) is 17.8 Å². The van der Waals surface area contributed by atoms with E-state index in [2.05, 4.69) is 15.6 Å². The molecular weight excluding hydrogens is 376 g/mol. The summed E-state index contributed by atoms with van der Waals surface area (Å²) in [4.78, 5) is 29.2. The van der Waals surface area contributed by atoms with Gasteiger partial charge in [0.05, 0.1) is 11.0 Å². The fraction of sp³-hybridized carbons (Fsp3) is 0.286. The van der Waals surface area contributed by atoms with Crippen LogP contribution in [0, 0.1) is 0 Å². The van der Waals surface area contributed by atoms with Gasteiger partial charge in [0, 0.05) is 29.6 Å². The minimum atomic E-state index is -0.161. The van der Waals surface area contributed by atoms with Gasteiger partial charge in [0.1, 0.15) is 12.4 Å². The van der Waals surface area contributed by atoms with Crippen molar-refractivity contribution in [2.75, 3.05) is 6.54 Å². The molecule has 144 valence electrons. The molecule has 1 heterocycles. The van der Waals surface area contributed by atoms with Crippen LogP contribution in [-0.4, -0.2) is 34.0 Å². The first-order chi connectivity index (χ1) is 13.6. The van der Waals surface area contributed by atoms with Crippen molar-refractivity contribution >= 4 is 34.4 Å². The highest BCUT2D eigenvalue weighted by Gasteiger charge is 2.24. The zero-order valence-electron chi connectivity index (χ0n) is 15.3. The molecule has 1 aromatic heterocycles. The van der Waals surface area contributed by atoms with E-state index in [-0.39, 0.29) is 18.4 Å². The number of hydrogen-bond donors (Lipinski definition) is 2. The Morgan fingerprint density at radius 3 is 2.61 bits per heavy atom. The number of benzene rings is 2. The van der Waals surface area contributed by atoms with E-state index >= 15 is 0 Å². The summed E-state index contributed by atoms with van der Waals surface area (Å²) in [5.74, 6) is 0.617. The number of carbonyl (C=O) groups is 2. The Kier molecular flexibility index (Phi) is 5.30. The van der Waals surface area contributed by atoms with Gasteiger partial charge in [-0.3, -0.25) is 9.59 Å². The van der Waals surface area contributed by atoms with Crippen LogP contribution in [0.5, 0.6) is 0 Å². The summed E-state index contributed by atoms with van der Waals surface area (Å²) in [6.45, 7) is 0.659. The number of rotatable bonds is 7. The van der Waals surface area contributed by atoms with E-state index in [0.29, 0.717) is 29.6 Å². The van der Waals surface area contributed by atoms with Crippen LogP contribution < -0.4 is 10.6 Å². The monoisotopic (exact) mass is 396 g/mol. The zero-order valence-corrected chi connectivity index (χ0v) is 16.1. The number of nitrogens with zero attached hydrogens (tertiary/aromatic N) is 2. The first-order valence-corrected chi connectivity index (χ1v) is 9.75. The van der Waals surface area contributed by atoms with E-state index in [4.69, 9.17) is 11.6 Å². The molecule has 2 amide bonds. The second kappa shape index (κ2) is 8.02. The van der Waals surface area contributed by atoms with Crippen LogP contribution in [0.3, 0.4) is 0 Å². The van der Waals surface area contributed by atoms with Gasteiger partial charge in [0.25, 0.3) is 5.91 Å². The van der Waals surface area contributed by atoms with Gasteiger partial charge in [-0.25, -0.2) is 4.98 Å². The Morgan fingerprint density at radius 1 is 1.11 bits per heavy atom. The summed E-state index contributed by atoms with van der Waals surface area (Å²) in [7, 11) is 0. The Labute approximate surface area is 167 Å². The molecule has 7 heteroatoms. The number of fused-ring (bicyclic) bond motifs is 1. The van der Waals surface area contributed by atoms with Crippen molar-refractivity contribution in [3.8, 4) is 0 Å². The van der Waals surface area contributed by atoms with Crippen LogP contribution in [0.2, 0.25) is 5.02 Å². The third-order valence-corrected chi connectivity index (χ3v) is 4.97. The van der Waals surface area contributed by atoms with Crippen LogP contribution >= 0.6 is 11.6 Å². The number of halogens is 1. The third-order valence-electron chi connectivity index (χ3n) is 4.72. The predicted molar refractivity (Wildman–Crippen MR) is 108 cm³/mol. The van der Waals surface area contributed by atoms with Crippen LogP contribution in [0.25, 0.3) is 11.0 Å². The lowest BCUT2D eigenvalue weighted by Crippen LogP contribution is -2.30. The second-order valence-electron chi connectivity index (χ2n) is 6.96. The molecule has 0 aliphatic heterocycles. The molecule has 0 unspecified atom stereocenters. The Bertz CT molecular complexity index is 1010. The highest BCUT2D eigenvalue weighted by Crippen LogP contribution is 2.20. The van der Waals surface area contributed by atoms with E-state index in [1.807, 2.05) is 28.8 Å². The maximum atomic E-state index is 12.3. The lowest BCUT2D eigenvalue weighted by atomic mass is 10.2. The topological polar surface area (TPSA) is 76.0 Å². The summed E-state index contributed by atoms with van der Waals surface area (Å²) in [5, 5.41) is 6.51. The predicted octanol–water partition coefficient (Wildman–Crippen LogP) is 2.94. The number of para-hydroxylation sites is 2. The second-order valence-corrected chi connectivity index (χ2v) is 7.39. The van der Waals surface area contributed by atoms with Crippen molar-refractivity contribution < 1.29 is 9.59 Å². The summed E-state index contributed by atoms with van der Waals surface area (Å²) in [6.07, 6.45) is 2.64. The smallest absolute Gasteiger partial charge is 0.251 e. The van der Waals surface area contributed by atoms with Gasteiger partial charge in [-0.2, -0.15) is 0 Å². The largest absolute Gasteiger partial charge is 0.352 e. The molecule has 0 atom stereocenters. The molecule has 28 heavy (non-hydrogen) atoms. The minimum absolute atomic E-state index is 0.00268. The molecule has 3 aromatic rings. The number of aromatic nitrogens is 2. The van der Waals surface area contributed by atoms with Crippen LogP contribution in [0.4, 0.5) is 0 Å². The van der Waals surface area contributed by atoms with Crippen LogP contribution in [0.1, 0.15) is 29.0 Å². The molecule has 1 saturated carbocycles. The molecule has 2 N–H and O–H groups in total. The van der Waals surface area contributed by atoms with Gasteiger partial charge < -0.3 is 15.2 Å². The quantitative estimate of drug-likeness (QED) is 0.644. The average molecular weight is 397 g/mol. The van der Waals surface area contributed by atoms with E-state index in [0.717, 1.165) is 29.7 Å². The average Bonchev–Trinajstić information content (AvgIpc) is 3.43. The van der Waals surface area contributed by atoms with E-state index in [1.54, 1.807) is 24.3 Å². The van der Waals surface area contributed by atoms with E-state index in [1.165, 1.54) is 0 Å². The fourth-order valence-electron chi connectivity index (χ4n) is 3.13. The standard InChI is InChI=1S/C21H21ClN4O2/c22-15-7-5-14(6-8-15)21(28)23-12-11-19-25-17-3-1-2-4-18(17)26(19)13-20(27)24-16-9-10-16/h1-8,16H,9-13H2,(H,23,28)(H,24,27). The van der Waals surface area contributed by atoms with Crippen molar-refractivity contribution in [2.24, 2.45) is 0 Å². The molecule has 0 bridgehead atoms. The number of imidazole rings is 1. The van der Waals surface area contributed by atoms with Gasteiger partial charge >= 0.3 is 0 Å². The summed E-state index contributed by atoms with van der Waals surface area (Å²) >= 11 is 5.86. The van der Waals surface area contributed by atoms with Gasteiger partial charge in [-0.1, -0.05) is 23.7 Å². The molecule has 6 nitrogen and oxygen atoms in total. The highest BCUT2D eigenvalue weighted by atomic mass is 35.5. The van der Waals surface area contributed by atoms with E-state index < -0.39 is 0 Å². The SMILES string of the molecule is O=C(Cn1c(CCNC(=O)c2ccc(Cl)cc2)nc2ccccc21)NC1CC1. The van der Waals surface area contributed by atoms with Crippen molar-refractivity contribution in [1.82, 2.24) is 20.2 Å². The van der Waals surface area contributed by atoms with Gasteiger partial charge in [0.15, 0.2) is 0 Å². The maximum absolute atomic E-state index is 12.3. The maximum Gasteiger partial charge on any atom is 0.251 e. The van der Waals surface area contributed by atoms with Gasteiger partial charge in [-0.15, -0.1) is 0 Å². The molecule has 1 aliphatic rings. The van der Waals surface area contributed by atoms with Crippen molar-refractivity contribution in [3.63, 3.8) is 0 Å². The molecule has 0 saturated heterocycles. The molecule has 1 aliphatic carbocycles. The molecule has 2 aromatic carbocycles. The van der Waals surface area contributed by atoms with Crippen molar-refractivity contribution in [2.45, 2.75) is 31.8 Å². The highest BCUT2D eigenvalue weighted by molar-refractivity contribution is 6.30. The Hall–Kier alpha value is -2.86. The number of hydrogen-bond acceptors (Lipinski definition) is 3. The third kappa shape index (κ3) is 4.34. The fourth-order valence-corrected chi connectivity index (χ4v) is 3.25. The van der Waals surface area contributed by atoms with Crippen LogP contribution in [0.15, 0.2) is 48.5 Å². The molecule has 1 fully saturated rings. The minimum Gasteiger partial charge on any atom is -0.352 e. The molecule has 0 spiro atoms. The summed E-state index contributed by atoms with van der Waals surface area (Å²) < 4.78 is 1.93. The molecule has 0 radical (unpaired) electrons. The normalized spacial score (nSPS) is 13.5. The number of carbonyl (C=O) groups excluding carboxylic acids is 2. The van der Waals surface area contributed by atoms with E-state index in [9.17, 15) is 9.59 Å². The van der Waals surface area contributed by atoms with Gasteiger partial charge in [0.2, 0.25) is 5.91 Å².